The van der Waals surface area contributed by atoms with Crippen LogP contribution in [0.1, 0.15) is 25.8 Å². The summed E-state index contributed by atoms with van der Waals surface area (Å²) in [5.41, 5.74) is 2.36. The van der Waals surface area contributed by atoms with Crippen LogP contribution >= 0.6 is 22.7 Å². The van der Waals surface area contributed by atoms with E-state index in [0.717, 1.165) is 17.0 Å². The first-order valence-electron chi connectivity index (χ1n) is 8.26. The molecule has 4 aromatic rings. The van der Waals surface area contributed by atoms with Gasteiger partial charge in [0.05, 0.1) is 27.2 Å². The van der Waals surface area contributed by atoms with Gasteiger partial charge in [0.15, 0.2) is 0 Å². The van der Waals surface area contributed by atoms with Gasteiger partial charge in [0, 0.05) is 16.3 Å². The van der Waals surface area contributed by atoms with Crippen molar-refractivity contribution in [2.24, 2.45) is 0 Å². The minimum absolute atomic E-state index is 0.130. The van der Waals surface area contributed by atoms with E-state index < -0.39 is 0 Å². The molecule has 0 saturated carbocycles. The number of aryl methyl sites for hydroxylation is 2. The van der Waals surface area contributed by atoms with Crippen LogP contribution in [0.2, 0.25) is 0 Å². The SMILES string of the molecule is Cc1ccc(-c2cc(C(=O)NCCc3cccs3)c3c(C)noc3n2)s1. The Labute approximate surface area is 158 Å². The van der Waals surface area contributed by atoms with Crippen molar-refractivity contribution in [3.8, 4) is 10.6 Å². The highest BCUT2D eigenvalue weighted by Crippen LogP contribution is 2.31. The van der Waals surface area contributed by atoms with Crippen molar-refractivity contribution in [3.05, 3.63) is 56.7 Å². The van der Waals surface area contributed by atoms with E-state index in [1.54, 1.807) is 22.7 Å². The number of pyridine rings is 1. The molecule has 132 valence electrons. The third-order valence-corrected chi connectivity index (χ3v) is 6.05. The van der Waals surface area contributed by atoms with Crippen LogP contribution in [-0.2, 0) is 6.42 Å². The quantitative estimate of drug-likeness (QED) is 0.547. The highest BCUT2D eigenvalue weighted by molar-refractivity contribution is 7.15. The Morgan fingerprint density at radius 2 is 2.15 bits per heavy atom. The van der Waals surface area contributed by atoms with E-state index in [1.165, 1.54) is 9.75 Å². The zero-order chi connectivity index (χ0) is 18.1. The number of hydrogen-bond donors (Lipinski definition) is 1. The minimum atomic E-state index is -0.130. The molecule has 0 saturated heterocycles. The number of aromatic nitrogens is 2. The van der Waals surface area contributed by atoms with Crippen LogP contribution in [-0.4, -0.2) is 22.6 Å². The predicted molar refractivity (Wildman–Crippen MR) is 105 cm³/mol. The molecule has 1 N–H and O–H groups in total. The number of nitrogens with one attached hydrogen (secondary N) is 1. The van der Waals surface area contributed by atoms with E-state index in [1.807, 2.05) is 43.5 Å². The van der Waals surface area contributed by atoms with Crippen LogP contribution < -0.4 is 5.32 Å². The van der Waals surface area contributed by atoms with E-state index in [4.69, 9.17) is 4.52 Å². The summed E-state index contributed by atoms with van der Waals surface area (Å²) >= 11 is 3.33. The molecule has 0 aliphatic heterocycles. The molecule has 1 amide bonds. The first kappa shape index (κ1) is 16.9. The number of carbonyl (C=O) groups is 1. The number of rotatable bonds is 5. The molecular formula is C19H17N3O2S2. The fourth-order valence-corrected chi connectivity index (χ4v) is 4.36. The lowest BCUT2D eigenvalue weighted by Gasteiger charge is -2.07. The average molecular weight is 383 g/mol. The van der Waals surface area contributed by atoms with E-state index in [0.29, 0.717) is 28.9 Å². The topological polar surface area (TPSA) is 68.0 Å². The van der Waals surface area contributed by atoms with E-state index in [9.17, 15) is 4.79 Å². The van der Waals surface area contributed by atoms with Crippen LogP contribution in [0.25, 0.3) is 21.7 Å². The first-order chi connectivity index (χ1) is 12.6. The second-order valence-corrected chi connectivity index (χ2v) is 8.32. The molecule has 0 fully saturated rings. The van der Waals surface area contributed by atoms with Gasteiger partial charge >= 0.3 is 0 Å². The van der Waals surface area contributed by atoms with Crippen molar-refractivity contribution in [1.82, 2.24) is 15.5 Å². The standard InChI is InChI=1S/C19H17N3O2S2/c1-11-5-6-16(26-11)15-10-14(17-12(2)22-24-19(17)21-15)18(23)20-8-7-13-4-3-9-25-13/h3-6,9-10H,7-8H2,1-2H3,(H,20,23). The summed E-state index contributed by atoms with van der Waals surface area (Å²) in [4.78, 5) is 20.8. The zero-order valence-corrected chi connectivity index (χ0v) is 16.0. The van der Waals surface area contributed by atoms with Gasteiger partial charge in [0.2, 0.25) is 0 Å². The summed E-state index contributed by atoms with van der Waals surface area (Å²) in [6.45, 7) is 4.45. The van der Waals surface area contributed by atoms with Crippen molar-refractivity contribution >= 4 is 39.7 Å². The van der Waals surface area contributed by atoms with Gasteiger partial charge in [-0.3, -0.25) is 4.79 Å². The van der Waals surface area contributed by atoms with Crippen molar-refractivity contribution in [3.63, 3.8) is 0 Å². The number of thiophene rings is 2. The molecule has 0 spiro atoms. The molecule has 7 heteroatoms. The second-order valence-electron chi connectivity index (χ2n) is 6.00. The van der Waals surface area contributed by atoms with Crippen LogP contribution in [0.5, 0.6) is 0 Å². The van der Waals surface area contributed by atoms with Gasteiger partial charge in [-0.15, -0.1) is 22.7 Å². The van der Waals surface area contributed by atoms with Crippen molar-refractivity contribution in [2.75, 3.05) is 6.54 Å². The van der Waals surface area contributed by atoms with Gasteiger partial charge < -0.3 is 9.84 Å². The third kappa shape index (κ3) is 3.27. The number of amides is 1. The normalized spacial score (nSPS) is 11.2. The Hall–Kier alpha value is -2.51. The molecule has 4 rings (SSSR count). The van der Waals surface area contributed by atoms with Gasteiger partial charge in [-0.1, -0.05) is 11.2 Å². The zero-order valence-electron chi connectivity index (χ0n) is 14.4. The molecule has 26 heavy (non-hydrogen) atoms. The first-order valence-corrected chi connectivity index (χ1v) is 9.96. The molecule has 4 heterocycles. The lowest BCUT2D eigenvalue weighted by molar-refractivity contribution is 0.0955. The van der Waals surface area contributed by atoms with E-state index >= 15 is 0 Å². The summed E-state index contributed by atoms with van der Waals surface area (Å²) < 4.78 is 5.34. The summed E-state index contributed by atoms with van der Waals surface area (Å²) in [5, 5.41) is 9.71. The largest absolute Gasteiger partial charge is 0.352 e. The number of fused-ring (bicyclic) bond motifs is 1. The van der Waals surface area contributed by atoms with Gasteiger partial charge in [0.25, 0.3) is 11.6 Å². The van der Waals surface area contributed by atoms with Crippen LogP contribution in [0.15, 0.2) is 40.2 Å². The Balaban J connectivity index is 1.65. The number of hydrogen-bond acceptors (Lipinski definition) is 6. The molecule has 0 unspecified atom stereocenters. The molecule has 5 nitrogen and oxygen atoms in total. The highest BCUT2D eigenvalue weighted by Gasteiger charge is 2.19. The summed E-state index contributed by atoms with van der Waals surface area (Å²) in [7, 11) is 0. The fourth-order valence-electron chi connectivity index (χ4n) is 2.82. The van der Waals surface area contributed by atoms with E-state index in [2.05, 4.69) is 21.5 Å². The maximum atomic E-state index is 12.8. The lowest BCUT2D eigenvalue weighted by atomic mass is 10.1. The maximum absolute atomic E-state index is 12.8. The summed E-state index contributed by atoms with van der Waals surface area (Å²) in [6, 6.07) is 9.97. The minimum Gasteiger partial charge on any atom is -0.352 e. The Bertz CT molecular complexity index is 1060. The predicted octanol–water partition coefficient (Wildman–Crippen LogP) is 4.60. The number of nitrogens with zero attached hydrogens (tertiary/aromatic N) is 2. The second kappa shape index (κ2) is 7.01. The molecule has 0 aromatic carbocycles. The molecule has 0 atom stereocenters. The van der Waals surface area contributed by atoms with Crippen molar-refractivity contribution in [1.29, 1.82) is 0 Å². The summed E-state index contributed by atoms with van der Waals surface area (Å²) in [6.07, 6.45) is 0.817. The number of carbonyl (C=O) groups excluding carboxylic acids is 1. The Kier molecular flexibility index (Phi) is 4.57. The highest BCUT2D eigenvalue weighted by atomic mass is 32.1. The lowest BCUT2D eigenvalue weighted by Crippen LogP contribution is -2.26. The van der Waals surface area contributed by atoms with Crippen LogP contribution in [0.4, 0.5) is 0 Å². The molecule has 0 bridgehead atoms. The van der Waals surface area contributed by atoms with Gasteiger partial charge in [0.1, 0.15) is 0 Å². The van der Waals surface area contributed by atoms with Crippen molar-refractivity contribution in [2.45, 2.75) is 20.3 Å². The third-order valence-electron chi connectivity index (χ3n) is 4.09. The summed E-state index contributed by atoms with van der Waals surface area (Å²) in [5.74, 6) is -0.130. The van der Waals surface area contributed by atoms with Gasteiger partial charge in [-0.2, -0.15) is 0 Å². The Morgan fingerprint density at radius 3 is 2.88 bits per heavy atom. The molecule has 0 radical (unpaired) electrons. The molecule has 4 aromatic heterocycles. The molecule has 0 aliphatic carbocycles. The van der Waals surface area contributed by atoms with Gasteiger partial charge in [-0.25, -0.2) is 4.98 Å². The average Bonchev–Trinajstić information content (AvgIpc) is 3.36. The Morgan fingerprint density at radius 1 is 1.27 bits per heavy atom. The monoisotopic (exact) mass is 383 g/mol. The molecular weight excluding hydrogens is 366 g/mol. The van der Waals surface area contributed by atoms with Crippen LogP contribution in [0.3, 0.4) is 0 Å². The maximum Gasteiger partial charge on any atom is 0.259 e. The smallest absolute Gasteiger partial charge is 0.259 e. The van der Waals surface area contributed by atoms with Crippen LogP contribution in [0, 0.1) is 13.8 Å². The fraction of sp³-hybridized carbons (Fsp3) is 0.211. The molecule has 0 aliphatic rings. The van der Waals surface area contributed by atoms with Gasteiger partial charge in [-0.05, 0) is 49.9 Å². The van der Waals surface area contributed by atoms with E-state index in [-0.39, 0.29) is 5.91 Å². The van der Waals surface area contributed by atoms with Crippen molar-refractivity contribution < 1.29 is 9.32 Å².